The van der Waals surface area contributed by atoms with Gasteiger partial charge < -0.3 is 5.32 Å². The lowest BCUT2D eigenvalue weighted by atomic mass is 9.84. The van der Waals surface area contributed by atoms with E-state index in [-0.39, 0.29) is 0 Å². The predicted octanol–water partition coefficient (Wildman–Crippen LogP) is 3.76. The first kappa shape index (κ1) is 11.8. The van der Waals surface area contributed by atoms with Crippen LogP contribution in [0.4, 0.5) is 0 Å². The fraction of sp³-hybridized carbons (Fsp3) is 0.875. The minimum absolute atomic E-state index is 0.730. The highest BCUT2D eigenvalue weighted by atomic mass is 15.0. The Hall–Kier alpha value is -0.300. The van der Waals surface area contributed by atoms with E-state index in [0.29, 0.717) is 0 Å². The van der Waals surface area contributed by atoms with Crippen molar-refractivity contribution >= 4 is 0 Å². The summed E-state index contributed by atoms with van der Waals surface area (Å²) in [5.41, 5.74) is 0. The normalized spacial score (nSPS) is 46.4. The lowest BCUT2D eigenvalue weighted by Crippen LogP contribution is -2.43. The van der Waals surface area contributed by atoms with Gasteiger partial charge in [0.15, 0.2) is 0 Å². The van der Waals surface area contributed by atoms with Gasteiger partial charge in [0, 0.05) is 12.1 Å². The summed E-state index contributed by atoms with van der Waals surface area (Å²) < 4.78 is 0. The van der Waals surface area contributed by atoms with Crippen molar-refractivity contribution in [3.63, 3.8) is 0 Å². The summed E-state index contributed by atoms with van der Waals surface area (Å²) in [6.45, 7) is 4.83. The van der Waals surface area contributed by atoms with Crippen LogP contribution in [0.1, 0.15) is 52.4 Å². The fourth-order valence-corrected chi connectivity index (χ4v) is 4.32. The molecule has 1 nitrogen and oxygen atoms in total. The molecule has 2 fully saturated rings. The van der Waals surface area contributed by atoms with Crippen molar-refractivity contribution in [2.24, 2.45) is 23.7 Å². The maximum Gasteiger partial charge on any atom is 0.00754 e. The van der Waals surface area contributed by atoms with Crippen molar-refractivity contribution < 1.29 is 0 Å². The van der Waals surface area contributed by atoms with Gasteiger partial charge in [-0.3, -0.25) is 0 Å². The van der Waals surface area contributed by atoms with Crippen molar-refractivity contribution in [2.75, 3.05) is 0 Å². The van der Waals surface area contributed by atoms with Gasteiger partial charge in [-0.1, -0.05) is 19.1 Å². The summed E-state index contributed by atoms with van der Waals surface area (Å²) >= 11 is 0. The van der Waals surface area contributed by atoms with E-state index in [9.17, 15) is 0 Å². The number of nitrogens with one attached hydrogen (secondary N) is 1. The van der Waals surface area contributed by atoms with Crippen LogP contribution in [0.15, 0.2) is 12.2 Å². The van der Waals surface area contributed by atoms with Crippen molar-refractivity contribution in [3.8, 4) is 0 Å². The van der Waals surface area contributed by atoms with E-state index in [0.717, 1.165) is 35.8 Å². The standard InChI is InChI=1S/C16H27N/c1-11-3-7-15(8-4-11)17-12(2)16-10-13-5-6-14(16)9-13/h5-6,11-17H,3-4,7-10H2,1-2H3. The average Bonchev–Trinajstić information content (AvgIpc) is 2.94. The molecule has 0 heterocycles. The van der Waals surface area contributed by atoms with Crippen LogP contribution in [0.5, 0.6) is 0 Å². The number of fused-ring (bicyclic) bond motifs is 2. The third-order valence-electron chi connectivity index (χ3n) is 5.49. The molecule has 3 aliphatic rings. The van der Waals surface area contributed by atoms with Gasteiger partial charge >= 0.3 is 0 Å². The molecular weight excluding hydrogens is 206 g/mol. The van der Waals surface area contributed by atoms with Crippen LogP contribution in [-0.2, 0) is 0 Å². The molecule has 0 aromatic heterocycles. The molecule has 0 aliphatic heterocycles. The second-order valence-electron chi connectivity index (χ2n) is 6.86. The second-order valence-corrected chi connectivity index (χ2v) is 6.86. The summed E-state index contributed by atoms with van der Waals surface area (Å²) in [6.07, 6.45) is 13.5. The van der Waals surface area contributed by atoms with Gasteiger partial charge in [-0.25, -0.2) is 0 Å². The zero-order chi connectivity index (χ0) is 11.8. The number of allylic oxidation sites excluding steroid dienone is 2. The monoisotopic (exact) mass is 233 g/mol. The molecule has 1 N–H and O–H groups in total. The summed E-state index contributed by atoms with van der Waals surface area (Å²) in [5, 5.41) is 3.93. The van der Waals surface area contributed by atoms with Crippen molar-refractivity contribution in [1.29, 1.82) is 0 Å². The molecule has 2 saturated carbocycles. The van der Waals surface area contributed by atoms with Crippen LogP contribution in [0.2, 0.25) is 0 Å². The third-order valence-corrected chi connectivity index (χ3v) is 5.49. The van der Waals surface area contributed by atoms with Gasteiger partial charge in [-0.2, -0.15) is 0 Å². The van der Waals surface area contributed by atoms with E-state index in [1.54, 1.807) is 0 Å². The van der Waals surface area contributed by atoms with E-state index >= 15 is 0 Å². The zero-order valence-electron chi connectivity index (χ0n) is 11.4. The van der Waals surface area contributed by atoms with Gasteiger partial charge in [-0.05, 0) is 69.1 Å². The first-order chi connectivity index (χ1) is 8.22. The Morgan fingerprint density at radius 1 is 1.06 bits per heavy atom. The number of hydrogen-bond acceptors (Lipinski definition) is 1. The fourth-order valence-electron chi connectivity index (χ4n) is 4.32. The minimum atomic E-state index is 0.730. The van der Waals surface area contributed by atoms with Crippen LogP contribution in [-0.4, -0.2) is 12.1 Å². The highest BCUT2D eigenvalue weighted by Gasteiger charge is 2.38. The Labute approximate surface area is 106 Å². The second kappa shape index (κ2) is 4.76. The first-order valence-corrected chi connectivity index (χ1v) is 7.66. The molecule has 3 aliphatic carbocycles. The van der Waals surface area contributed by atoms with Crippen LogP contribution >= 0.6 is 0 Å². The Morgan fingerprint density at radius 3 is 2.41 bits per heavy atom. The summed E-state index contributed by atoms with van der Waals surface area (Å²) in [5.74, 6) is 3.70. The SMILES string of the molecule is CC1CCC(NC(C)C2CC3C=CC2C3)CC1. The molecule has 4 unspecified atom stereocenters. The quantitative estimate of drug-likeness (QED) is 0.732. The zero-order valence-corrected chi connectivity index (χ0v) is 11.4. The maximum atomic E-state index is 3.93. The molecule has 96 valence electrons. The lowest BCUT2D eigenvalue weighted by Gasteiger charge is -2.33. The molecule has 0 spiro atoms. The van der Waals surface area contributed by atoms with Gasteiger partial charge in [0.1, 0.15) is 0 Å². The van der Waals surface area contributed by atoms with E-state index in [2.05, 4.69) is 31.3 Å². The predicted molar refractivity (Wildman–Crippen MR) is 72.9 cm³/mol. The molecule has 0 radical (unpaired) electrons. The Bertz CT molecular complexity index is 288. The van der Waals surface area contributed by atoms with Crippen molar-refractivity contribution in [2.45, 2.75) is 64.5 Å². The van der Waals surface area contributed by atoms with Crippen LogP contribution < -0.4 is 5.32 Å². The molecule has 4 atom stereocenters. The van der Waals surface area contributed by atoms with Gasteiger partial charge in [0.25, 0.3) is 0 Å². The molecule has 0 aromatic carbocycles. The average molecular weight is 233 g/mol. The number of hydrogen-bond donors (Lipinski definition) is 1. The molecule has 0 aromatic rings. The molecule has 0 amide bonds. The van der Waals surface area contributed by atoms with E-state index in [1.807, 2.05) is 0 Å². The van der Waals surface area contributed by atoms with Crippen molar-refractivity contribution in [3.05, 3.63) is 12.2 Å². The molecule has 0 saturated heterocycles. The van der Waals surface area contributed by atoms with E-state index in [1.165, 1.54) is 38.5 Å². The molecular formula is C16H27N. The van der Waals surface area contributed by atoms with E-state index < -0.39 is 0 Å². The third kappa shape index (κ3) is 2.45. The maximum absolute atomic E-state index is 3.93. The van der Waals surface area contributed by atoms with Gasteiger partial charge in [-0.15, -0.1) is 0 Å². The van der Waals surface area contributed by atoms with Crippen LogP contribution in [0, 0.1) is 23.7 Å². The largest absolute Gasteiger partial charge is 0.311 e. The lowest BCUT2D eigenvalue weighted by molar-refractivity contribution is 0.245. The van der Waals surface area contributed by atoms with Gasteiger partial charge in [0.05, 0.1) is 0 Å². The molecule has 2 bridgehead atoms. The Balaban J connectivity index is 1.50. The van der Waals surface area contributed by atoms with Crippen LogP contribution in [0.25, 0.3) is 0 Å². The minimum Gasteiger partial charge on any atom is -0.311 e. The summed E-state index contributed by atoms with van der Waals surface area (Å²) in [6, 6.07) is 1.54. The molecule has 3 rings (SSSR count). The number of rotatable bonds is 3. The molecule has 1 heteroatoms. The Kier molecular flexibility index (Phi) is 3.30. The van der Waals surface area contributed by atoms with Gasteiger partial charge in [0.2, 0.25) is 0 Å². The van der Waals surface area contributed by atoms with E-state index in [4.69, 9.17) is 0 Å². The van der Waals surface area contributed by atoms with Crippen LogP contribution in [0.3, 0.4) is 0 Å². The molecule has 17 heavy (non-hydrogen) atoms. The first-order valence-electron chi connectivity index (χ1n) is 7.66. The Morgan fingerprint density at radius 2 is 1.82 bits per heavy atom. The summed E-state index contributed by atoms with van der Waals surface area (Å²) in [4.78, 5) is 0. The topological polar surface area (TPSA) is 12.0 Å². The highest BCUT2D eigenvalue weighted by molar-refractivity contribution is 5.11. The summed E-state index contributed by atoms with van der Waals surface area (Å²) in [7, 11) is 0. The van der Waals surface area contributed by atoms with Crippen molar-refractivity contribution in [1.82, 2.24) is 5.32 Å². The highest BCUT2D eigenvalue weighted by Crippen LogP contribution is 2.45. The smallest absolute Gasteiger partial charge is 0.00754 e.